The summed E-state index contributed by atoms with van der Waals surface area (Å²) in [5, 5.41) is 16.4. The van der Waals surface area contributed by atoms with E-state index in [9.17, 15) is 9.90 Å². The highest BCUT2D eigenvalue weighted by Gasteiger charge is 2.41. The number of rotatable bonds is 3. The maximum absolute atomic E-state index is 11.9. The molecule has 23 heavy (non-hydrogen) atoms. The third kappa shape index (κ3) is 3.22. The highest BCUT2D eigenvalue weighted by Crippen LogP contribution is 2.30. The predicted molar refractivity (Wildman–Crippen MR) is 90.5 cm³/mol. The molecule has 4 nitrogen and oxygen atoms in total. The zero-order valence-corrected chi connectivity index (χ0v) is 12.9. The summed E-state index contributed by atoms with van der Waals surface area (Å²) in [6, 6.07) is 19.2. The van der Waals surface area contributed by atoms with Crippen molar-refractivity contribution in [1.82, 2.24) is 5.01 Å². The van der Waals surface area contributed by atoms with Gasteiger partial charge in [0.15, 0.2) is 5.72 Å². The lowest BCUT2D eigenvalue weighted by Crippen LogP contribution is -2.43. The van der Waals surface area contributed by atoms with E-state index in [1.807, 2.05) is 60.7 Å². The zero-order valence-electron chi connectivity index (χ0n) is 12.9. The van der Waals surface area contributed by atoms with Gasteiger partial charge in [-0.1, -0.05) is 66.7 Å². The van der Waals surface area contributed by atoms with Crippen LogP contribution in [0.25, 0.3) is 6.08 Å². The van der Waals surface area contributed by atoms with Crippen LogP contribution in [0, 0.1) is 0 Å². The Balaban J connectivity index is 1.90. The van der Waals surface area contributed by atoms with Crippen LogP contribution < -0.4 is 0 Å². The SMILES string of the molecule is CC(=O)N1N=C(c2ccccc2)CC1(O)/C=C/c1ccccc1. The molecule has 0 aliphatic carbocycles. The van der Waals surface area contributed by atoms with Crippen LogP contribution >= 0.6 is 0 Å². The number of amides is 1. The van der Waals surface area contributed by atoms with Gasteiger partial charge >= 0.3 is 0 Å². The molecule has 1 aliphatic heterocycles. The molecule has 1 heterocycles. The van der Waals surface area contributed by atoms with Crippen LogP contribution in [0.4, 0.5) is 0 Å². The van der Waals surface area contributed by atoms with E-state index in [0.29, 0.717) is 5.71 Å². The van der Waals surface area contributed by atoms with E-state index in [4.69, 9.17) is 0 Å². The number of hydrazone groups is 1. The summed E-state index contributed by atoms with van der Waals surface area (Å²) >= 11 is 0. The van der Waals surface area contributed by atoms with Gasteiger partial charge in [-0.3, -0.25) is 4.79 Å². The molecule has 0 spiro atoms. The fourth-order valence-electron chi connectivity index (χ4n) is 2.62. The van der Waals surface area contributed by atoms with Crippen molar-refractivity contribution in [3.8, 4) is 0 Å². The molecule has 0 radical (unpaired) electrons. The molecule has 0 saturated carbocycles. The van der Waals surface area contributed by atoms with Gasteiger partial charge in [-0.2, -0.15) is 10.1 Å². The Hall–Kier alpha value is -2.72. The predicted octanol–water partition coefficient (Wildman–Crippen LogP) is 3.04. The van der Waals surface area contributed by atoms with Crippen molar-refractivity contribution >= 4 is 17.7 Å². The minimum atomic E-state index is -1.44. The Morgan fingerprint density at radius 3 is 2.35 bits per heavy atom. The van der Waals surface area contributed by atoms with Crippen LogP contribution in [0.2, 0.25) is 0 Å². The average molecular weight is 306 g/mol. The molecule has 1 amide bonds. The largest absolute Gasteiger partial charge is 0.365 e. The summed E-state index contributed by atoms with van der Waals surface area (Å²) in [5.41, 5.74) is 1.12. The first-order valence-corrected chi connectivity index (χ1v) is 7.49. The van der Waals surface area contributed by atoms with E-state index >= 15 is 0 Å². The van der Waals surface area contributed by atoms with Gasteiger partial charge in [-0.25, -0.2) is 0 Å². The standard InChI is InChI=1S/C19H18N2O2/c1-15(22)21-19(23,13-12-16-8-4-2-5-9-16)14-18(20-21)17-10-6-3-7-11-17/h2-13,23H,14H2,1H3/b13-12+. The first-order valence-electron chi connectivity index (χ1n) is 7.49. The molecule has 2 aromatic carbocycles. The molecule has 3 rings (SSSR count). The minimum absolute atomic E-state index is 0.264. The van der Waals surface area contributed by atoms with Crippen LogP contribution in [0.1, 0.15) is 24.5 Å². The fraction of sp³-hybridized carbons (Fsp3) is 0.158. The number of carbonyl (C=O) groups is 1. The highest BCUT2D eigenvalue weighted by molar-refractivity contribution is 6.03. The fourth-order valence-corrected chi connectivity index (χ4v) is 2.62. The molecular weight excluding hydrogens is 288 g/mol. The maximum Gasteiger partial charge on any atom is 0.242 e. The highest BCUT2D eigenvalue weighted by atomic mass is 16.3. The van der Waals surface area contributed by atoms with Gasteiger partial charge in [0.25, 0.3) is 0 Å². The summed E-state index contributed by atoms with van der Waals surface area (Å²) in [4.78, 5) is 11.9. The molecule has 4 heteroatoms. The topological polar surface area (TPSA) is 52.9 Å². The number of hydrogen-bond donors (Lipinski definition) is 1. The summed E-state index contributed by atoms with van der Waals surface area (Å²) < 4.78 is 0. The molecule has 0 saturated heterocycles. The quantitative estimate of drug-likeness (QED) is 0.947. The second-order valence-corrected chi connectivity index (χ2v) is 5.54. The van der Waals surface area contributed by atoms with Crippen molar-refractivity contribution in [3.63, 3.8) is 0 Å². The minimum Gasteiger partial charge on any atom is -0.365 e. The number of aliphatic hydroxyl groups is 1. The summed E-state index contributed by atoms with van der Waals surface area (Å²) in [6.07, 6.45) is 3.70. The number of benzene rings is 2. The second kappa shape index (κ2) is 6.18. The molecule has 0 fully saturated rings. The first-order chi connectivity index (χ1) is 11.1. The third-order valence-electron chi connectivity index (χ3n) is 3.76. The third-order valence-corrected chi connectivity index (χ3v) is 3.76. The summed E-state index contributed by atoms with van der Waals surface area (Å²) in [6.45, 7) is 1.40. The van der Waals surface area contributed by atoms with Crippen LogP contribution in [-0.2, 0) is 4.79 Å². The normalized spacial score (nSPS) is 20.8. The van der Waals surface area contributed by atoms with Gasteiger partial charge in [0, 0.05) is 13.3 Å². The Kier molecular flexibility index (Phi) is 4.08. The van der Waals surface area contributed by atoms with Gasteiger partial charge in [-0.05, 0) is 17.2 Å². The number of hydrogen-bond acceptors (Lipinski definition) is 3. The summed E-state index contributed by atoms with van der Waals surface area (Å²) in [5.74, 6) is -0.295. The first kappa shape index (κ1) is 15.2. The van der Waals surface area contributed by atoms with E-state index in [0.717, 1.165) is 16.1 Å². The van der Waals surface area contributed by atoms with Gasteiger partial charge < -0.3 is 5.11 Å². The molecule has 2 aromatic rings. The Labute approximate surface area is 135 Å². The van der Waals surface area contributed by atoms with Crippen LogP contribution in [-0.4, -0.2) is 27.5 Å². The molecule has 1 aliphatic rings. The molecule has 1 atom stereocenters. The van der Waals surface area contributed by atoms with E-state index in [2.05, 4.69) is 5.10 Å². The van der Waals surface area contributed by atoms with Crippen molar-refractivity contribution in [2.75, 3.05) is 0 Å². The molecule has 1 N–H and O–H groups in total. The van der Waals surface area contributed by atoms with Crippen molar-refractivity contribution in [1.29, 1.82) is 0 Å². The van der Waals surface area contributed by atoms with E-state index in [1.165, 1.54) is 6.92 Å². The maximum atomic E-state index is 11.9. The lowest BCUT2D eigenvalue weighted by Gasteiger charge is -2.27. The van der Waals surface area contributed by atoms with Crippen LogP contribution in [0.15, 0.2) is 71.8 Å². The second-order valence-electron chi connectivity index (χ2n) is 5.54. The monoisotopic (exact) mass is 306 g/mol. The Morgan fingerprint density at radius 1 is 1.13 bits per heavy atom. The van der Waals surface area contributed by atoms with Gasteiger partial charge in [0.2, 0.25) is 5.91 Å². The van der Waals surface area contributed by atoms with Crippen LogP contribution in [0.5, 0.6) is 0 Å². The zero-order chi connectivity index (χ0) is 16.3. The van der Waals surface area contributed by atoms with Gasteiger partial charge in [0.05, 0.1) is 5.71 Å². The van der Waals surface area contributed by atoms with Gasteiger partial charge in [-0.15, -0.1) is 0 Å². The molecular formula is C19H18N2O2. The molecule has 116 valence electrons. The number of carbonyl (C=O) groups excluding carboxylic acids is 1. The van der Waals surface area contributed by atoms with Crippen LogP contribution in [0.3, 0.4) is 0 Å². The van der Waals surface area contributed by atoms with E-state index in [1.54, 1.807) is 12.2 Å². The average Bonchev–Trinajstić information content (AvgIpc) is 2.93. The lowest BCUT2D eigenvalue weighted by atomic mass is 10.00. The van der Waals surface area contributed by atoms with E-state index in [-0.39, 0.29) is 12.3 Å². The Bertz CT molecular complexity index is 753. The molecule has 0 bridgehead atoms. The number of nitrogens with zero attached hydrogens (tertiary/aromatic N) is 2. The van der Waals surface area contributed by atoms with Gasteiger partial charge in [0.1, 0.15) is 0 Å². The smallest absolute Gasteiger partial charge is 0.242 e. The lowest BCUT2D eigenvalue weighted by molar-refractivity contribution is -0.144. The molecule has 1 unspecified atom stereocenters. The van der Waals surface area contributed by atoms with Crippen molar-refractivity contribution in [2.24, 2.45) is 5.10 Å². The van der Waals surface area contributed by atoms with E-state index < -0.39 is 5.72 Å². The van der Waals surface area contributed by atoms with Crippen molar-refractivity contribution < 1.29 is 9.90 Å². The molecule has 0 aromatic heterocycles. The Morgan fingerprint density at radius 2 is 1.74 bits per heavy atom. The van der Waals surface area contributed by atoms with Crippen molar-refractivity contribution in [2.45, 2.75) is 19.1 Å². The summed E-state index contributed by atoms with van der Waals surface area (Å²) in [7, 11) is 0. The van der Waals surface area contributed by atoms with Crippen molar-refractivity contribution in [3.05, 3.63) is 77.9 Å².